The average Bonchev–Trinajstić information content (AvgIpc) is 2.29. The summed E-state index contributed by atoms with van der Waals surface area (Å²) in [5, 5.41) is 7.16. The maximum atomic E-state index is 11.7. The van der Waals surface area contributed by atoms with Gasteiger partial charge in [0.15, 0.2) is 0 Å². The summed E-state index contributed by atoms with van der Waals surface area (Å²) in [6.45, 7) is 1.94. The zero-order valence-electron chi connectivity index (χ0n) is 9.21. The van der Waals surface area contributed by atoms with Gasteiger partial charge >= 0.3 is 5.97 Å². The van der Waals surface area contributed by atoms with E-state index in [-0.39, 0.29) is 12.5 Å². The van der Waals surface area contributed by atoms with Crippen LogP contribution >= 0.6 is 0 Å². The van der Waals surface area contributed by atoms with Crippen molar-refractivity contribution in [1.82, 2.24) is 15.1 Å². The summed E-state index contributed by atoms with van der Waals surface area (Å²) in [6.07, 6.45) is 2.77. The molecule has 16 heavy (non-hydrogen) atoms. The summed E-state index contributed by atoms with van der Waals surface area (Å²) in [7, 11) is 1.53. The minimum atomic E-state index is -0.430. The van der Waals surface area contributed by atoms with Gasteiger partial charge in [-0.25, -0.2) is 0 Å². The van der Waals surface area contributed by atoms with E-state index < -0.39 is 5.97 Å². The van der Waals surface area contributed by atoms with Crippen LogP contribution in [0, 0.1) is 0 Å². The van der Waals surface area contributed by atoms with Crippen LogP contribution < -0.4 is 0 Å². The molecular formula is C10H13N3O3. The number of hydrogen-bond donors (Lipinski definition) is 0. The summed E-state index contributed by atoms with van der Waals surface area (Å²) in [4.78, 5) is 24.2. The Morgan fingerprint density at radius 3 is 2.75 bits per heavy atom. The molecule has 0 aliphatic rings. The Bertz CT molecular complexity index is 367. The van der Waals surface area contributed by atoms with Crippen LogP contribution in [-0.4, -0.2) is 47.2 Å². The van der Waals surface area contributed by atoms with Crippen molar-refractivity contribution in [3.05, 3.63) is 24.0 Å². The number of ether oxygens (including phenoxy) is 1. The van der Waals surface area contributed by atoms with Gasteiger partial charge in [0.2, 0.25) is 0 Å². The molecule has 0 N–H and O–H groups in total. The molecule has 0 aromatic carbocycles. The van der Waals surface area contributed by atoms with Crippen molar-refractivity contribution in [3.63, 3.8) is 0 Å². The van der Waals surface area contributed by atoms with Gasteiger partial charge in [0, 0.05) is 7.05 Å². The molecule has 0 saturated heterocycles. The van der Waals surface area contributed by atoms with Crippen LogP contribution in [0.3, 0.4) is 0 Å². The second-order valence-corrected chi connectivity index (χ2v) is 3.10. The second kappa shape index (κ2) is 5.79. The van der Waals surface area contributed by atoms with Crippen molar-refractivity contribution in [2.24, 2.45) is 0 Å². The molecule has 1 aromatic rings. The Morgan fingerprint density at radius 1 is 1.44 bits per heavy atom. The Kier molecular flexibility index (Phi) is 4.38. The molecule has 1 heterocycles. The third-order valence-corrected chi connectivity index (χ3v) is 1.85. The first kappa shape index (κ1) is 12.1. The van der Waals surface area contributed by atoms with Gasteiger partial charge in [-0.1, -0.05) is 0 Å². The lowest BCUT2D eigenvalue weighted by molar-refractivity contribution is -0.143. The second-order valence-electron chi connectivity index (χ2n) is 3.10. The highest BCUT2D eigenvalue weighted by Gasteiger charge is 2.15. The van der Waals surface area contributed by atoms with E-state index in [1.807, 2.05) is 0 Å². The standard InChI is InChI=1S/C10H13N3O3/c1-3-16-9(14)7-13(2)10(15)8-4-5-11-12-6-8/h4-6H,3,7H2,1-2H3. The molecule has 6 nitrogen and oxygen atoms in total. The van der Waals surface area contributed by atoms with Crippen LogP contribution in [0.1, 0.15) is 17.3 Å². The van der Waals surface area contributed by atoms with Crippen LogP contribution in [0.5, 0.6) is 0 Å². The average molecular weight is 223 g/mol. The van der Waals surface area contributed by atoms with Crippen LogP contribution in [0.25, 0.3) is 0 Å². The normalized spacial score (nSPS) is 9.62. The van der Waals surface area contributed by atoms with Crippen molar-refractivity contribution >= 4 is 11.9 Å². The van der Waals surface area contributed by atoms with Crippen LogP contribution in [0.2, 0.25) is 0 Å². The Balaban J connectivity index is 2.58. The topological polar surface area (TPSA) is 72.4 Å². The Labute approximate surface area is 93.2 Å². The van der Waals surface area contributed by atoms with Gasteiger partial charge in [-0.15, -0.1) is 0 Å². The maximum Gasteiger partial charge on any atom is 0.325 e. The van der Waals surface area contributed by atoms with E-state index >= 15 is 0 Å². The third-order valence-electron chi connectivity index (χ3n) is 1.85. The zero-order chi connectivity index (χ0) is 12.0. The molecule has 0 bridgehead atoms. The first-order chi connectivity index (χ1) is 7.65. The fourth-order valence-electron chi connectivity index (χ4n) is 1.11. The molecule has 0 saturated carbocycles. The highest BCUT2D eigenvalue weighted by molar-refractivity contribution is 5.95. The Hall–Kier alpha value is -1.98. The predicted molar refractivity (Wildman–Crippen MR) is 55.6 cm³/mol. The van der Waals surface area contributed by atoms with Gasteiger partial charge in [-0.05, 0) is 13.0 Å². The molecule has 0 fully saturated rings. The van der Waals surface area contributed by atoms with Crippen LogP contribution in [0.4, 0.5) is 0 Å². The predicted octanol–water partition coefficient (Wildman–Crippen LogP) is 0.112. The fourth-order valence-corrected chi connectivity index (χ4v) is 1.11. The first-order valence-electron chi connectivity index (χ1n) is 4.83. The number of carbonyl (C=O) groups is 2. The SMILES string of the molecule is CCOC(=O)CN(C)C(=O)c1ccnnc1. The number of esters is 1. The van der Waals surface area contributed by atoms with Crippen LogP contribution in [-0.2, 0) is 9.53 Å². The summed E-state index contributed by atoms with van der Waals surface area (Å²) < 4.78 is 4.74. The number of hydrogen-bond acceptors (Lipinski definition) is 5. The molecule has 1 amide bonds. The highest BCUT2D eigenvalue weighted by Crippen LogP contribution is 2.00. The number of amides is 1. The molecule has 0 spiro atoms. The smallest absolute Gasteiger partial charge is 0.325 e. The van der Waals surface area contributed by atoms with Crippen molar-refractivity contribution in [2.75, 3.05) is 20.2 Å². The summed E-state index contributed by atoms with van der Waals surface area (Å²) in [6, 6.07) is 1.54. The van der Waals surface area contributed by atoms with Crippen molar-refractivity contribution in [2.45, 2.75) is 6.92 Å². The van der Waals surface area contributed by atoms with Crippen molar-refractivity contribution < 1.29 is 14.3 Å². The molecule has 1 aromatic heterocycles. The van der Waals surface area contributed by atoms with Gasteiger partial charge in [-0.3, -0.25) is 9.59 Å². The largest absolute Gasteiger partial charge is 0.465 e. The van der Waals surface area contributed by atoms with E-state index in [2.05, 4.69) is 10.2 Å². The molecule has 6 heteroatoms. The number of likely N-dealkylation sites (N-methyl/N-ethyl adjacent to an activating group) is 1. The van der Waals surface area contributed by atoms with Gasteiger partial charge in [0.25, 0.3) is 5.91 Å². The lowest BCUT2D eigenvalue weighted by Gasteiger charge is -2.15. The highest BCUT2D eigenvalue weighted by atomic mass is 16.5. The van der Waals surface area contributed by atoms with E-state index in [0.29, 0.717) is 12.2 Å². The lowest BCUT2D eigenvalue weighted by Crippen LogP contribution is -2.33. The minimum absolute atomic E-state index is 0.0744. The number of nitrogens with zero attached hydrogens (tertiary/aromatic N) is 3. The van der Waals surface area contributed by atoms with Gasteiger partial charge in [-0.2, -0.15) is 10.2 Å². The van der Waals surface area contributed by atoms with Crippen molar-refractivity contribution in [3.8, 4) is 0 Å². The zero-order valence-corrected chi connectivity index (χ0v) is 9.21. The van der Waals surface area contributed by atoms with E-state index in [4.69, 9.17) is 4.74 Å². The monoisotopic (exact) mass is 223 g/mol. The quantitative estimate of drug-likeness (QED) is 0.677. The lowest BCUT2D eigenvalue weighted by atomic mass is 10.3. The molecule has 86 valence electrons. The van der Waals surface area contributed by atoms with Gasteiger partial charge < -0.3 is 9.64 Å². The summed E-state index contributed by atoms with van der Waals surface area (Å²) >= 11 is 0. The number of rotatable bonds is 4. The van der Waals surface area contributed by atoms with E-state index in [1.54, 1.807) is 6.92 Å². The fraction of sp³-hybridized carbons (Fsp3) is 0.400. The molecular weight excluding hydrogens is 210 g/mol. The number of aromatic nitrogens is 2. The van der Waals surface area contributed by atoms with E-state index in [9.17, 15) is 9.59 Å². The van der Waals surface area contributed by atoms with Crippen LogP contribution in [0.15, 0.2) is 18.5 Å². The molecule has 0 aliphatic heterocycles. The third kappa shape index (κ3) is 3.30. The van der Waals surface area contributed by atoms with Crippen molar-refractivity contribution in [1.29, 1.82) is 0 Å². The van der Waals surface area contributed by atoms with Gasteiger partial charge in [0.05, 0.1) is 24.6 Å². The molecule has 0 atom stereocenters. The minimum Gasteiger partial charge on any atom is -0.465 e. The first-order valence-corrected chi connectivity index (χ1v) is 4.83. The summed E-state index contributed by atoms with van der Waals surface area (Å²) in [5.74, 6) is -0.719. The van der Waals surface area contributed by atoms with Gasteiger partial charge in [0.1, 0.15) is 6.54 Å². The maximum absolute atomic E-state index is 11.7. The van der Waals surface area contributed by atoms with E-state index in [1.165, 1.54) is 30.4 Å². The Morgan fingerprint density at radius 2 is 2.19 bits per heavy atom. The number of carbonyl (C=O) groups excluding carboxylic acids is 2. The molecule has 0 radical (unpaired) electrons. The molecule has 0 unspecified atom stereocenters. The summed E-state index contributed by atoms with van der Waals surface area (Å²) in [5.41, 5.74) is 0.391. The molecule has 1 rings (SSSR count). The van der Waals surface area contributed by atoms with E-state index in [0.717, 1.165) is 0 Å². The molecule has 0 aliphatic carbocycles.